The zero-order valence-electron chi connectivity index (χ0n) is 15.3. The van der Waals surface area contributed by atoms with Crippen LogP contribution in [-0.4, -0.2) is 37.9 Å². The van der Waals surface area contributed by atoms with Gasteiger partial charge in [-0.3, -0.25) is 14.4 Å². The van der Waals surface area contributed by atoms with Crippen molar-refractivity contribution in [3.63, 3.8) is 0 Å². The number of Topliss-reactive ketones (excluding diaryl/α,β-unsaturated/α-hetero) is 2. The molecule has 1 aromatic rings. The number of ketones is 2. The summed E-state index contributed by atoms with van der Waals surface area (Å²) in [6.07, 6.45) is -0.0521. The lowest BCUT2D eigenvalue weighted by Gasteiger charge is -2.47. The van der Waals surface area contributed by atoms with Crippen molar-refractivity contribution in [2.24, 2.45) is 23.5 Å². The topological polar surface area (TPSA) is 158 Å². The molecule has 1 amide bonds. The fourth-order valence-corrected chi connectivity index (χ4v) is 5.31. The fraction of sp³-hybridized carbons (Fsp3) is 0.350. The highest BCUT2D eigenvalue weighted by molar-refractivity contribution is 6.33. The molecular weight excluding hydrogens is 402 g/mol. The Balaban J connectivity index is 1.96. The van der Waals surface area contributed by atoms with Crippen molar-refractivity contribution < 1.29 is 34.8 Å². The molecule has 0 saturated heterocycles. The minimum atomic E-state index is -1.74. The Morgan fingerprint density at radius 1 is 1.24 bits per heavy atom. The molecule has 9 heteroatoms. The van der Waals surface area contributed by atoms with Crippen LogP contribution in [0.25, 0.3) is 0 Å². The first-order valence-corrected chi connectivity index (χ1v) is 9.34. The smallest absolute Gasteiger partial charge is 0.255 e. The van der Waals surface area contributed by atoms with E-state index < -0.39 is 63.7 Å². The molecule has 29 heavy (non-hydrogen) atoms. The Morgan fingerprint density at radius 3 is 2.52 bits per heavy atom. The number of phenols is 1. The molecule has 0 fully saturated rings. The van der Waals surface area contributed by atoms with Crippen molar-refractivity contribution >= 4 is 29.1 Å². The van der Waals surface area contributed by atoms with Crippen LogP contribution in [0.3, 0.4) is 0 Å². The third-order valence-electron chi connectivity index (χ3n) is 6.24. The molecule has 0 aromatic heterocycles. The number of aliphatic hydroxyl groups excluding tert-OH is 2. The van der Waals surface area contributed by atoms with Gasteiger partial charge in [0, 0.05) is 28.5 Å². The number of rotatable bonds is 1. The molecule has 3 unspecified atom stereocenters. The Morgan fingerprint density at radius 2 is 1.90 bits per heavy atom. The summed E-state index contributed by atoms with van der Waals surface area (Å²) in [5.74, 6) is -7.06. The second kappa shape index (κ2) is 6.08. The maximum absolute atomic E-state index is 13.2. The molecule has 8 nitrogen and oxygen atoms in total. The average Bonchev–Trinajstić information content (AvgIpc) is 2.60. The summed E-state index contributed by atoms with van der Waals surface area (Å²) in [5.41, 5.74) is 2.45. The Kier molecular flexibility index (Phi) is 4.08. The van der Waals surface area contributed by atoms with Crippen molar-refractivity contribution in [2.45, 2.75) is 25.4 Å². The molecule has 0 spiro atoms. The molecule has 0 radical (unpaired) electrons. The van der Waals surface area contributed by atoms with Gasteiger partial charge in [0.1, 0.15) is 22.8 Å². The second-order valence-electron chi connectivity index (χ2n) is 7.87. The predicted octanol–water partition coefficient (Wildman–Crippen LogP) is 1.78. The lowest BCUT2D eigenvalue weighted by atomic mass is 9.58. The number of hydrogen-bond acceptors (Lipinski definition) is 7. The third kappa shape index (κ3) is 2.45. The Hall–Kier alpha value is -2.84. The van der Waals surface area contributed by atoms with Crippen LogP contribution in [0.4, 0.5) is 0 Å². The maximum Gasteiger partial charge on any atom is 0.255 e. The number of phenolic OH excluding ortho intramolecular Hbond substituents is 1. The van der Waals surface area contributed by atoms with Crippen LogP contribution in [0.5, 0.6) is 5.75 Å². The van der Waals surface area contributed by atoms with Gasteiger partial charge in [-0.25, -0.2) is 0 Å². The molecule has 0 heterocycles. The number of aliphatic hydroxyl groups is 3. The number of hydrogen-bond donors (Lipinski definition) is 5. The van der Waals surface area contributed by atoms with Gasteiger partial charge in [0.05, 0.1) is 17.1 Å². The Labute approximate surface area is 169 Å². The minimum absolute atomic E-state index is 0.0453. The van der Waals surface area contributed by atoms with Crippen molar-refractivity contribution in [1.82, 2.24) is 0 Å². The van der Waals surface area contributed by atoms with Gasteiger partial charge < -0.3 is 26.2 Å². The normalized spacial score (nSPS) is 31.3. The minimum Gasteiger partial charge on any atom is -0.511 e. The van der Waals surface area contributed by atoms with E-state index in [0.717, 1.165) is 0 Å². The number of benzene rings is 1. The summed E-state index contributed by atoms with van der Waals surface area (Å²) in [5, 5.41) is 42.6. The van der Waals surface area contributed by atoms with Crippen molar-refractivity contribution in [3.05, 3.63) is 50.9 Å². The third-order valence-corrected chi connectivity index (χ3v) is 6.55. The number of carbonyl (C=O) groups is 3. The van der Waals surface area contributed by atoms with Crippen LogP contribution in [0.2, 0.25) is 5.02 Å². The second-order valence-corrected chi connectivity index (χ2v) is 8.28. The van der Waals surface area contributed by atoms with Gasteiger partial charge in [-0.1, -0.05) is 11.6 Å². The highest BCUT2D eigenvalue weighted by atomic mass is 35.5. The molecule has 6 N–H and O–H groups in total. The molecule has 4 atom stereocenters. The van der Waals surface area contributed by atoms with E-state index in [0.29, 0.717) is 0 Å². The van der Waals surface area contributed by atoms with E-state index in [4.69, 9.17) is 17.3 Å². The number of amides is 1. The van der Waals surface area contributed by atoms with Crippen molar-refractivity contribution in [2.75, 3.05) is 0 Å². The zero-order chi connectivity index (χ0) is 21.4. The molecule has 1 aromatic carbocycles. The van der Waals surface area contributed by atoms with Crippen LogP contribution < -0.4 is 5.73 Å². The van der Waals surface area contributed by atoms with E-state index in [1.54, 1.807) is 0 Å². The summed E-state index contributed by atoms with van der Waals surface area (Å²) in [7, 11) is 0. The molecular formula is C20H18ClNO7. The average molecular weight is 420 g/mol. The van der Waals surface area contributed by atoms with Gasteiger partial charge >= 0.3 is 0 Å². The molecule has 0 bridgehead atoms. The summed E-state index contributed by atoms with van der Waals surface area (Å²) in [6, 6.07) is 2.56. The van der Waals surface area contributed by atoms with Gasteiger partial charge in [0.25, 0.3) is 5.91 Å². The number of nitrogens with two attached hydrogens (primary N) is 1. The maximum atomic E-state index is 13.2. The number of fused-ring (bicyclic) bond motifs is 3. The summed E-state index contributed by atoms with van der Waals surface area (Å²) in [4.78, 5) is 37.5. The van der Waals surface area contributed by atoms with E-state index in [1.165, 1.54) is 19.1 Å². The first-order chi connectivity index (χ1) is 13.5. The highest BCUT2D eigenvalue weighted by Crippen LogP contribution is 2.55. The van der Waals surface area contributed by atoms with Crippen molar-refractivity contribution in [3.8, 4) is 5.75 Å². The predicted molar refractivity (Wildman–Crippen MR) is 100 cm³/mol. The van der Waals surface area contributed by atoms with Gasteiger partial charge in [-0.2, -0.15) is 0 Å². The van der Waals surface area contributed by atoms with Crippen LogP contribution in [0, 0.1) is 17.8 Å². The SMILES string of the molecule is C[C@@]1(O)c2c(Cl)ccc(O)c2C(=O)C2=C(O)C3C(=O)C(C(N)=O)=C(O)CC3CC21. The molecule has 4 rings (SSSR count). The first-order valence-electron chi connectivity index (χ1n) is 8.96. The van der Waals surface area contributed by atoms with Gasteiger partial charge in [0.15, 0.2) is 11.6 Å². The molecule has 0 saturated carbocycles. The van der Waals surface area contributed by atoms with E-state index in [9.17, 15) is 34.8 Å². The molecule has 3 aliphatic rings. The zero-order valence-corrected chi connectivity index (χ0v) is 16.0. The van der Waals surface area contributed by atoms with Crippen molar-refractivity contribution in [1.29, 1.82) is 0 Å². The van der Waals surface area contributed by atoms with E-state index in [2.05, 4.69) is 0 Å². The lowest BCUT2D eigenvalue weighted by molar-refractivity contribution is -0.126. The number of primary amides is 1. The first kappa shape index (κ1) is 19.5. The largest absolute Gasteiger partial charge is 0.511 e. The van der Waals surface area contributed by atoms with Gasteiger partial charge in [-0.15, -0.1) is 0 Å². The standard InChI is InChI=1S/C20H18ClNO7/c1-20(29)7-4-6-5-10(24)14(19(22)28)17(26)11(6)16(25)12(7)18(27)13-9(23)3-2-8(21)15(13)20/h2-3,6-7,11,23-25,29H,4-5H2,1H3,(H2,22,28)/t6?,7?,11?,20-/m0/s1. The van der Waals surface area contributed by atoms with Crippen LogP contribution in [0.15, 0.2) is 34.8 Å². The van der Waals surface area contributed by atoms with E-state index >= 15 is 0 Å². The highest BCUT2D eigenvalue weighted by Gasteiger charge is 2.56. The van der Waals surface area contributed by atoms with Gasteiger partial charge in [-0.05, 0) is 31.4 Å². The number of allylic oxidation sites excluding steroid dienone is 2. The van der Waals surface area contributed by atoms with E-state index in [1.807, 2.05) is 0 Å². The quantitative estimate of drug-likeness (QED) is 0.434. The van der Waals surface area contributed by atoms with Crippen LogP contribution in [0.1, 0.15) is 35.7 Å². The molecule has 3 aliphatic carbocycles. The number of aromatic hydroxyl groups is 1. The monoisotopic (exact) mass is 419 g/mol. The summed E-state index contributed by atoms with van der Waals surface area (Å²) >= 11 is 6.21. The van der Waals surface area contributed by atoms with Gasteiger partial charge in [0.2, 0.25) is 0 Å². The molecule has 152 valence electrons. The lowest BCUT2D eigenvalue weighted by Crippen LogP contribution is -2.49. The van der Waals surface area contributed by atoms with E-state index in [-0.39, 0.29) is 34.6 Å². The summed E-state index contributed by atoms with van der Waals surface area (Å²) < 4.78 is 0. The summed E-state index contributed by atoms with van der Waals surface area (Å²) in [6.45, 7) is 1.41. The van der Waals surface area contributed by atoms with Crippen LogP contribution in [-0.2, 0) is 15.2 Å². The fourth-order valence-electron chi connectivity index (χ4n) is 4.96. The molecule has 0 aliphatic heterocycles. The number of halogens is 1. The van der Waals surface area contributed by atoms with Crippen LogP contribution >= 0.6 is 11.6 Å². The Bertz CT molecular complexity index is 1070. The number of carbonyl (C=O) groups excluding carboxylic acids is 3.